The Morgan fingerprint density at radius 2 is 2.08 bits per heavy atom. The van der Waals surface area contributed by atoms with Gasteiger partial charge in [0.2, 0.25) is 11.0 Å². The number of hydrogen-bond donors (Lipinski definition) is 0. The summed E-state index contributed by atoms with van der Waals surface area (Å²) in [6, 6.07) is 5.42. The van der Waals surface area contributed by atoms with Gasteiger partial charge in [0.25, 0.3) is 0 Å². The molecule has 24 heavy (non-hydrogen) atoms. The molecule has 0 aliphatic heterocycles. The number of hydrogen-bond acceptors (Lipinski definition) is 9. The van der Waals surface area contributed by atoms with Crippen molar-refractivity contribution in [3.8, 4) is 17.2 Å². The van der Waals surface area contributed by atoms with E-state index in [1.807, 2.05) is 13.0 Å². The monoisotopic (exact) mass is 348 g/mol. The summed E-state index contributed by atoms with van der Waals surface area (Å²) < 4.78 is 17.4. The normalized spacial score (nSPS) is 12.2. The maximum absolute atomic E-state index is 5.39. The topological polar surface area (TPSA) is 101 Å². The van der Waals surface area contributed by atoms with Crippen LogP contribution in [0.4, 0.5) is 0 Å². The fourth-order valence-electron chi connectivity index (χ4n) is 2.05. The van der Waals surface area contributed by atoms with Crippen molar-refractivity contribution in [2.75, 3.05) is 14.2 Å². The van der Waals surface area contributed by atoms with E-state index in [4.69, 9.17) is 14.0 Å². The average Bonchev–Trinajstić information content (AvgIpc) is 3.23. The van der Waals surface area contributed by atoms with Gasteiger partial charge in [-0.15, -0.1) is 5.10 Å². The van der Waals surface area contributed by atoms with Gasteiger partial charge in [0.05, 0.1) is 19.5 Å². The van der Waals surface area contributed by atoms with Gasteiger partial charge in [0.15, 0.2) is 5.82 Å². The van der Waals surface area contributed by atoms with E-state index in [0.717, 1.165) is 0 Å². The highest BCUT2D eigenvalue weighted by Crippen LogP contribution is 2.35. The first-order chi connectivity index (χ1) is 11.6. The minimum Gasteiger partial charge on any atom is -0.497 e. The van der Waals surface area contributed by atoms with E-state index in [1.54, 1.807) is 38.0 Å². The fraction of sp³-hybridized carbons (Fsp3) is 0.357. The zero-order valence-electron chi connectivity index (χ0n) is 13.6. The van der Waals surface area contributed by atoms with Crippen molar-refractivity contribution >= 4 is 11.8 Å². The molecular weight excluding hydrogens is 332 g/mol. The molecule has 2 heterocycles. The third-order valence-electron chi connectivity index (χ3n) is 3.23. The lowest BCUT2D eigenvalue weighted by Crippen LogP contribution is -2.03. The lowest BCUT2D eigenvalue weighted by Gasteiger charge is -2.12. The van der Waals surface area contributed by atoms with Gasteiger partial charge in [0, 0.05) is 6.07 Å². The number of methoxy groups -OCH3 is 2. The molecular formula is C14H16N6O3S. The molecule has 126 valence electrons. The van der Waals surface area contributed by atoms with Crippen LogP contribution in [0.1, 0.15) is 23.9 Å². The highest BCUT2D eigenvalue weighted by atomic mass is 32.2. The SMILES string of the molecule is COc1ccc(OC)c(-n2nnnc2S[C@H](C)c2nc(C)no2)c1. The van der Waals surface area contributed by atoms with Gasteiger partial charge < -0.3 is 14.0 Å². The predicted molar refractivity (Wildman–Crippen MR) is 85.6 cm³/mol. The number of thioether (sulfide) groups is 1. The molecule has 0 aliphatic carbocycles. The summed E-state index contributed by atoms with van der Waals surface area (Å²) in [6.07, 6.45) is 0. The molecule has 0 N–H and O–H groups in total. The summed E-state index contributed by atoms with van der Waals surface area (Å²) in [5, 5.41) is 16.2. The van der Waals surface area contributed by atoms with Gasteiger partial charge in [0.1, 0.15) is 17.2 Å². The summed E-state index contributed by atoms with van der Waals surface area (Å²) in [6.45, 7) is 3.72. The lowest BCUT2D eigenvalue weighted by atomic mass is 10.3. The summed E-state index contributed by atoms with van der Waals surface area (Å²) in [4.78, 5) is 4.23. The number of aryl methyl sites for hydroxylation is 1. The molecule has 0 unspecified atom stereocenters. The van der Waals surface area contributed by atoms with Crippen LogP contribution in [0.2, 0.25) is 0 Å². The van der Waals surface area contributed by atoms with Crippen molar-refractivity contribution in [2.24, 2.45) is 0 Å². The van der Waals surface area contributed by atoms with Crippen LogP contribution in [0.5, 0.6) is 11.5 Å². The van der Waals surface area contributed by atoms with Crippen molar-refractivity contribution in [1.82, 2.24) is 30.3 Å². The maximum Gasteiger partial charge on any atom is 0.239 e. The molecule has 0 bridgehead atoms. The Bertz CT molecular complexity index is 834. The van der Waals surface area contributed by atoms with Gasteiger partial charge in [-0.2, -0.15) is 9.67 Å². The maximum atomic E-state index is 5.39. The summed E-state index contributed by atoms with van der Waals surface area (Å²) in [5.41, 5.74) is 0.679. The standard InChI is InChI=1S/C14H16N6O3S/c1-8(13-15-9(2)17-23-13)24-14-16-18-19-20(14)11-7-10(21-3)5-6-12(11)22-4/h5-8H,1-4H3/t8-/m1/s1. The fourth-order valence-corrected chi connectivity index (χ4v) is 2.88. The average molecular weight is 348 g/mol. The Hall–Kier alpha value is -2.62. The zero-order chi connectivity index (χ0) is 17.1. The van der Waals surface area contributed by atoms with Crippen LogP contribution < -0.4 is 9.47 Å². The smallest absolute Gasteiger partial charge is 0.239 e. The minimum atomic E-state index is -0.104. The first kappa shape index (κ1) is 16.2. The van der Waals surface area contributed by atoms with Crippen molar-refractivity contribution in [3.05, 3.63) is 29.9 Å². The Kier molecular flexibility index (Phi) is 4.65. The van der Waals surface area contributed by atoms with Crippen LogP contribution >= 0.6 is 11.8 Å². The van der Waals surface area contributed by atoms with Crippen LogP contribution in [-0.4, -0.2) is 44.6 Å². The van der Waals surface area contributed by atoms with Crippen molar-refractivity contribution in [2.45, 2.75) is 24.3 Å². The van der Waals surface area contributed by atoms with Crippen LogP contribution in [0.15, 0.2) is 27.9 Å². The summed E-state index contributed by atoms with van der Waals surface area (Å²) in [7, 11) is 3.19. The molecule has 1 atom stereocenters. The predicted octanol–water partition coefficient (Wildman–Crippen LogP) is 2.22. The van der Waals surface area contributed by atoms with Crippen molar-refractivity contribution in [1.29, 1.82) is 0 Å². The van der Waals surface area contributed by atoms with Crippen LogP contribution in [0, 0.1) is 6.92 Å². The molecule has 0 spiro atoms. The molecule has 3 rings (SSSR count). The second-order valence-corrected chi connectivity index (χ2v) is 6.16. The lowest BCUT2D eigenvalue weighted by molar-refractivity contribution is 0.376. The van der Waals surface area contributed by atoms with Crippen molar-refractivity contribution in [3.63, 3.8) is 0 Å². The van der Waals surface area contributed by atoms with Gasteiger partial charge in [-0.1, -0.05) is 16.9 Å². The van der Waals surface area contributed by atoms with Crippen molar-refractivity contribution < 1.29 is 14.0 Å². The summed E-state index contributed by atoms with van der Waals surface area (Å²) in [5.74, 6) is 2.42. The molecule has 2 aromatic heterocycles. The van der Waals surface area contributed by atoms with Crippen LogP contribution in [-0.2, 0) is 0 Å². The molecule has 0 saturated heterocycles. The Balaban J connectivity index is 1.93. The first-order valence-electron chi connectivity index (χ1n) is 7.10. The Morgan fingerprint density at radius 3 is 2.75 bits per heavy atom. The molecule has 10 heteroatoms. The minimum absolute atomic E-state index is 0.104. The molecule has 0 saturated carbocycles. The van der Waals surface area contributed by atoms with Crippen LogP contribution in [0.25, 0.3) is 5.69 Å². The molecule has 0 fully saturated rings. The van der Waals surface area contributed by atoms with E-state index in [2.05, 4.69) is 25.7 Å². The molecule has 3 aromatic rings. The number of rotatable bonds is 6. The number of ether oxygens (including phenoxy) is 2. The Morgan fingerprint density at radius 1 is 1.25 bits per heavy atom. The largest absolute Gasteiger partial charge is 0.497 e. The number of aromatic nitrogens is 6. The molecule has 0 radical (unpaired) electrons. The third kappa shape index (κ3) is 3.18. The van der Waals surface area contributed by atoms with E-state index < -0.39 is 0 Å². The zero-order valence-corrected chi connectivity index (χ0v) is 14.4. The molecule has 0 aliphatic rings. The van der Waals surface area contributed by atoms with E-state index in [-0.39, 0.29) is 5.25 Å². The molecule has 0 amide bonds. The molecule has 1 aromatic carbocycles. The third-order valence-corrected chi connectivity index (χ3v) is 4.25. The Labute approximate surface area is 142 Å². The van der Waals surface area contributed by atoms with Gasteiger partial charge in [-0.25, -0.2) is 0 Å². The number of nitrogens with zero attached hydrogens (tertiary/aromatic N) is 6. The van der Waals surface area contributed by atoms with E-state index in [1.165, 1.54) is 11.8 Å². The van der Waals surface area contributed by atoms with Gasteiger partial charge >= 0.3 is 0 Å². The highest BCUT2D eigenvalue weighted by molar-refractivity contribution is 7.99. The highest BCUT2D eigenvalue weighted by Gasteiger charge is 2.21. The van der Waals surface area contributed by atoms with Gasteiger partial charge in [-0.3, -0.25) is 0 Å². The first-order valence-corrected chi connectivity index (χ1v) is 7.98. The van der Waals surface area contributed by atoms with Crippen LogP contribution in [0.3, 0.4) is 0 Å². The second kappa shape index (κ2) is 6.87. The summed E-state index contributed by atoms with van der Waals surface area (Å²) >= 11 is 1.41. The van der Waals surface area contributed by atoms with E-state index >= 15 is 0 Å². The van der Waals surface area contributed by atoms with Gasteiger partial charge in [-0.05, 0) is 36.4 Å². The van der Waals surface area contributed by atoms with E-state index in [9.17, 15) is 0 Å². The second-order valence-electron chi connectivity index (χ2n) is 4.85. The van der Waals surface area contributed by atoms with E-state index in [0.29, 0.717) is 34.1 Å². The quantitative estimate of drug-likeness (QED) is 0.620. The number of tetrazole rings is 1. The molecule has 9 nitrogen and oxygen atoms in total. The number of benzene rings is 1.